The van der Waals surface area contributed by atoms with Gasteiger partial charge in [0.25, 0.3) is 0 Å². The molecule has 0 radical (unpaired) electrons. The number of aliphatic hydroxyl groups excluding tert-OH is 1. The lowest BCUT2D eigenvalue weighted by Crippen LogP contribution is -2.03. The summed E-state index contributed by atoms with van der Waals surface area (Å²) in [6, 6.07) is 0. The van der Waals surface area contributed by atoms with Crippen LogP contribution in [0.4, 0.5) is 0 Å². The zero-order valence-electron chi connectivity index (χ0n) is 12.4. The molecule has 0 aliphatic carbocycles. The van der Waals surface area contributed by atoms with Gasteiger partial charge in [-0.1, -0.05) is 57.9 Å². The summed E-state index contributed by atoms with van der Waals surface area (Å²) in [7, 11) is 0. The van der Waals surface area contributed by atoms with Crippen LogP contribution in [-0.4, -0.2) is 24.3 Å². The van der Waals surface area contributed by atoms with Crippen LogP contribution in [0.1, 0.15) is 71.1 Å². The molecule has 0 spiro atoms. The summed E-state index contributed by atoms with van der Waals surface area (Å²) in [5.41, 5.74) is 0. The number of carbonyl (C=O) groups excluding carboxylic acids is 1. The van der Waals surface area contributed by atoms with E-state index in [1.54, 1.807) is 0 Å². The van der Waals surface area contributed by atoms with Gasteiger partial charge in [0.15, 0.2) is 0 Å². The average molecular weight is 270 g/mol. The lowest BCUT2D eigenvalue weighted by Gasteiger charge is -2.00. The van der Waals surface area contributed by atoms with Gasteiger partial charge in [0.05, 0.1) is 6.61 Å². The highest BCUT2D eigenvalue weighted by molar-refractivity contribution is 5.81. The van der Waals surface area contributed by atoms with E-state index in [0.29, 0.717) is 13.0 Å². The van der Waals surface area contributed by atoms with Gasteiger partial charge in [-0.15, -0.1) is 0 Å². The molecule has 0 amide bonds. The predicted octanol–water partition coefficient (Wildman–Crippen LogP) is 4.00. The number of esters is 1. The van der Waals surface area contributed by atoms with Crippen molar-refractivity contribution in [2.75, 3.05) is 13.2 Å². The van der Waals surface area contributed by atoms with Gasteiger partial charge in [-0.25, -0.2) is 4.79 Å². The number of ether oxygens (including phenoxy) is 1. The maximum absolute atomic E-state index is 11.2. The highest BCUT2D eigenvalue weighted by Crippen LogP contribution is 2.09. The van der Waals surface area contributed by atoms with Crippen molar-refractivity contribution < 1.29 is 14.6 Å². The molecule has 0 aromatic carbocycles. The maximum Gasteiger partial charge on any atom is 0.330 e. The Hall–Kier alpha value is -0.830. The fourth-order valence-corrected chi connectivity index (χ4v) is 1.86. The van der Waals surface area contributed by atoms with Crippen LogP contribution in [0.15, 0.2) is 12.2 Å². The number of carbonyl (C=O) groups is 1. The lowest BCUT2D eigenvalue weighted by atomic mass is 10.1. The molecule has 3 nitrogen and oxygen atoms in total. The zero-order chi connectivity index (χ0) is 14.2. The van der Waals surface area contributed by atoms with Gasteiger partial charge in [-0.05, 0) is 12.8 Å². The number of rotatable bonds is 13. The molecular weight excluding hydrogens is 240 g/mol. The van der Waals surface area contributed by atoms with Gasteiger partial charge in [0.2, 0.25) is 0 Å². The summed E-state index contributed by atoms with van der Waals surface area (Å²) in [6.07, 6.45) is 15.3. The molecule has 0 aliphatic rings. The summed E-state index contributed by atoms with van der Waals surface area (Å²) in [5.74, 6) is -0.298. The monoisotopic (exact) mass is 270 g/mol. The van der Waals surface area contributed by atoms with Crippen molar-refractivity contribution in [3.8, 4) is 0 Å². The first-order chi connectivity index (χ1) is 9.31. The molecule has 0 atom stereocenters. The second-order valence-corrected chi connectivity index (χ2v) is 4.91. The van der Waals surface area contributed by atoms with Crippen molar-refractivity contribution >= 4 is 5.97 Å². The molecule has 0 saturated heterocycles. The minimum atomic E-state index is -0.298. The van der Waals surface area contributed by atoms with Crippen molar-refractivity contribution in [2.45, 2.75) is 71.1 Å². The van der Waals surface area contributed by atoms with Gasteiger partial charge < -0.3 is 9.84 Å². The van der Waals surface area contributed by atoms with E-state index in [2.05, 4.69) is 6.92 Å². The van der Waals surface area contributed by atoms with Crippen molar-refractivity contribution in [3.05, 3.63) is 12.2 Å². The van der Waals surface area contributed by atoms with E-state index in [4.69, 9.17) is 9.84 Å². The first-order valence-corrected chi connectivity index (χ1v) is 7.75. The minimum Gasteiger partial charge on any atom is -0.462 e. The standard InChI is InChI=1S/C16H30O3/c1-2-3-4-5-6-7-8-9-10-11-13-16(18)19-15-12-14-17/h11,13,17H,2-10,12,14-15H2,1H3. The van der Waals surface area contributed by atoms with Crippen LogP contribution in [0, 0.1) is 0 Å². The Morgan fingerprint density at radius 2 is 1.63 bits per heavy atom. The number of allylic oxidation sites excluding steroid dienone is 1. The Kier molecular flexibility index (Phi) is 14.6. The topological polar surface area (TPSA) is 46.5 Å². The van der Waals surface area contributed by atoms with Crippen LogP contribution in [0.5, 0.6) is 0 Å². The first-order valence-electron chi connectivity index (χ1n) is 7.75. The number of aliphatic hydroxyl groups is 1. The van der Waals surface area contributed by atoms with Gasteiger partial charge in [0, 0.05) is 19.1 Å². The second-order valence-electron chi connectivity index (χ2n) is 4.91. The molecule has 0 unspecified atom stereocenters. The van der Waals surface area contributed by atoms with Crippen LogP contribution < -0.4 is 0 Å². The lowest BCUT2D eigenvalue weighted by molar-refractivity contribution is -0.138. The summed E-state index contributed by atoms with van der Waals surface area (Å²) in [5, 5.41) is 8.53. The van der Waals surface area contributed by atoms with E-state index in [-0.39, 0.29) is 12.6 Å². The smallest absolute Gasteiger partial charge is 0.330 e. The van der Waals surface area contributed by atoms with Gasteiger partial charge in [0.1, 0.15) is 0 Å². The van der Waals surface area contributed by atoms with Crippen LogP contribution in [0.25, 0.3) is 0 Å². The molecule has 0 saturated carbocycles. The highest BCUT2D eigenvalue weighted by Gasteiger charge is 1.95. The van der Waals surface area contributed by atoms with Gasteiger partial charge in [-0.2, -0.15) is 0 Å². The van der Waals surface area contributed by atoms with Crippen molar-refractivity contribution in [1.29, 1.82) is 0 Å². The van der Waals surface area contributed by atoms with Crippen molar-refractivity contribution in [2.24, 2.45) is 0 Å². The third kappa shape index (κ3) is 15.1. The summed E-state index contributed by atoms with van der Waals surface area (Å²) in [6.45, 7) is 2.60. The molecule has 0 rings (SSSR count). The Bertz CT molecular complexity index is 224. The number of hydrogen-bond acceptors (Lipinski definition) is 3. The zero-order valence-corrected chi connectivity index (χ0v) is 12.4. The van der Waals surface area contributed by atoms with Crippen LogP contribution in [0.2, 0.25) is 0 Å². The fraction of sp³-hybridized carbons (Fsp3) is 0.812. The maximum atomic E-state index is 11.2. The van der Waals surface area contributed by atoms with E-state index >= 15 is 0 Å². The van der Waals surface area contributed by atoms with E-state index in [0.717, 1.165) is 12.8 Å². The molecule has 0 aromatic rings. The Morgan fingerprint density at radius 3 is 2.26 bits per heavy atom. The van der Waals surface area contributed by atoms with E-state index in [1.165, 1.54) is 51.0 Å². The quantitative estimate of drug-likeness (QED) is 0.312. The van der Waals surface area contributed by atoms with Crippen LogP contribution in [-0.2, 0) is 9.53 Å². The third-order valence-corrected chi connectivity index (χ3v) is 3.03. The number of unbranched alkanes of at least 4 members (excludes halogenated alkanes) is 8. The second kappa shape index (κ2) is 15.2. The van der Waals surface area contributed by atoms with E-state index < -0.39 is 0 Å². The fourth-order valence-electron chi connectivity index (χ4n) is 1.86. The summed E-state index contributed by atoms with van der Waals surface area (Å²) >= 11 is 0. The highest BCUT2D eigenvalue weighted by atomic mass is 16.5. The molecule has 112 valence electrons. The van der Waals surface area contributed by atoms with Gasteiger partial charge >= 0.3 is 5.97 Å². The van der Waals surface area contributed by atoms with E-state index in [9.17, 15) is 4.79 Å². The molecular formula is C16H30O3. The SMILES string of the molecule is CCCCCCCCCCC=CC(=O)OCCCO. The Balaban J connectivity index is 3.22. The minimum absolute atomic E-state index is 0.0647. The first kappa shape index (κ1) is 18.2. The molecule has 0 heterocycles. The predicted molar refractivity (Wildman–Crippen MR) is 79.0 cm³/mol. The van der Waals surface area contributed by atoms with Crippen molar-refractivity contribution in [3.63, 3.8) is 0 Å². The molecule has 3 heteroatoms. The average Bonchev–Trinajstić information content (AvgIpc) is 2.41. The molecule has 0 fully saturated rings. The normalized spacial score (nSPS) is 11.1. The summed E-state index contributed by atoms with van der Waals surface area (Å²) in [4.78, 5) is 11.2. The van der Waals surface area contributed by atoms with Crippen LogP contribution >= 0.6 is 0 Å². The molecule has 1 N–H and O–H groups in total. The molecule has 0 bridgehead atoms. The van der Waals surface area contributed by atoms with Crippen LogP contribution in [0.3, 0.4) is 0 Å². The number of hydrogen-bond donors (Lipinski definition) is 1. The largest absolute Gasteiger partial charge is 0.462 e. The Labute approximate surface area is 118 Å². The van der Waals surface area contributed by atoms with E-state index in [1.807, 2.05) is 6.08 Å². The van der Waals surface area contributed by atoms with Gasteiger partial charge in [-0.3, -0.25) is 0 Å². The Morgan fingerprint density at radius 1 is 1.00 bits per heavy atom. The van der Waals surface area contributed by atoms with Crippen molar-refractivity contribution in [1.82, 2.24) is 0 Å². The molecule has 0 aliphatic heterocycles. The molecule has 19 heavy (non-hydrogen) atoms. The summed E-state index contributed by atoms with van der Waals surface area (Å²) < 4.78 is 4.88. The molecule has 0 aromatic heterocycles. The third-order valence-electron chi connectivity index (χ3n) is 3.03.